The number of halogens is 2. The van der Waals surface area contributed by atoms with E-state index in [-0.39, 0.29) is 24.8 Å². The van der Waals surface area contributed by atoms with Crippen molar-refractivity contribution in [3.05, 3.63) is 94.8 Å². The molecule has 7 heteroatoms. The summed E-state index contributed by atoms with van der Waals surface area (Å²) in [6.07, 6.45) is 3.10. The Balaban J connectivity index is 1.67. The fourth-order valence-electron chi connectivity index (χ4n) is 3.04. The number of imidazole rings is 1. The largest absolute Gasteiger partial charge is 0.345 e. The van der Waals surface area contributed by atoms with Crippen LogP contribution >= 0.6 is 11.6 Å². The predicted octanol–water partition coefficient (Wildman–Crippen LogP) is 4.20. The summed E-state index contributed by atoms with van der Waals surface area (Å²) in [5, 5.41) is 3.19. The monoisotopic (exact) mass is 394 g/mol. The maximum Gasteiger partial charge on any atom is 0.253 e. The molecule has 0 atom stereocenters. The number of nitrogens with zero attached hydrogens (tertiary/aromatic N) is 3. The van der Waals surface area contributed by atoms with Crippen molar-refractivity contribution in [3.63, 3.8) is 0 Å². The second-order valence-electron chi connectivity index (χ2n) is 6.23. The highest BCUT2D eigenvalue weighted by Crippen LogP contribution is 2.24. The molecular weight excluding hydrogens is 379 g/mol. The lowest BCUT2D eigenvalue weighted by Gasteiger charge is -2.12. The van der Waals surface area contributed by atoms with Crippen molar-refractivity contribution in [3.8, 4) is 0 Å². The van der Waals surface area contributed by atoms with Gasteiger partial charge in [0.05, 0.1) is 29.7 Å². The number of aromatic nitrogens is 3. The third-order valence-corrected chi connectivity index (χ3v) is 4.80. The van der Waals surface area contributed by atoms with E-state index in [4.69, 9.17) is 11.6 Å². The summed E-state index contributed by atoms with van der Waals surface area (Å²) in [7, 11) is 0. The molecule has 1 amide bonds. The molecule has 0 aliphatic carbocycles. The number of para-hydroxylation sites is 2. The summed E-state index contributed by atoms with van der Waals surface area (Å²) in [5.41, 5.74) is 2.45. The molecule has 140 valence electrons. The Morgan fingerprint density at radius 1 is 1.11 bits per heavy atom. The molecule has 0 fully saturated rings. The van der Waals surface area contributed by atoms with E-state index in [1.165, 1.54) is 12.3 Å². The average Bonchev–Trinajstić information content (AvgIpc) is 3.07. The van der Waals surface area contributed by atoms with Crippen molar-refractivity contribution in [2.45, 2.75) is 13.1 Å². The third kappa shape index (κ3) is 3.59. The lowest BCUT2D eigenvalue weighted by atomic mass is 10.2. The topological polar surface area (TPSA) is 59.8 Å². The standard InChI is InChI=1S/C21H16ClFN4O/c22-16-6-3-7-17(23)15(16)13-27-19-9-2-1-8-18(19)26-20(27)12-25-21(28)14-5-4-10-24-11-14/h1-11H,12-13H2,(H,25,28). The van der Waals surface area contributed by atoms with Crippen LogP contribution in [0.4, 0.5) is 4.39 Å². The van der Waals surface area contributed by atoms with Gasteiger partial charge in [-0.1, -0.05) is 29.8 Å². The van der Waals surface area contributed by atoms with E-state index in [9.17, 15) is 9.18 Å². The van der Waals surface area contributed by atoms with Crippen LogP contribution < -0.4 is 5.32 Å². The minimum atomic E-state index is -0.379. The van der Waals surface area contributed by atoms with E-state index in [2.05, 4.69) is 15.3 Å². The quantitative estimate of drug-likeness (QED) is 0.551. The molecule has 4 aromatic rings. The Bertz CT molecular complexity index is 1120. The van der Waals surface area contributed by atoms with Crippen LogP contribution in [0.3, 0.4) is 0 Å². The van der Waals surface area contributed by atoms with Crippen LogP contribution in [0.1, 0.15) is 21.7 Å². The van der Waals surface area contributed by atoms with Crippen molar-refractivity contribution in [2.24, 2.45) is 0 Å². The maximum absolute atomic E-state index is 14.3. The second kappa shape index (κ2) is 7.78. The van der Waals surface area contributed by atoms with Crippen molar-refractivity contribution >= 4 is 28.5 Å². The van der Waals surface area contributed by atoms with E-state index in [1.54, 1.807) is 30.5 Å². The van der Waals surface area contributed by atoms with Gasteiger partial charge in [-0.3, -0.25) is 9.78 Å². The zero-order valence-corrected chi connectivity index (χ0v) is 15.5. The van der Waals surface area contributed by atoms with Gasteiger partial charge in [-0.25, -0.2) is 9.37 Å². The normalized spacial score (nSPS) is 10.9. The van der Waals surface area contributed by atoms with Crippen molar-refractivity contribution in [1.82, 2.24) is 19.9 Å². The Labute approximate surface area is 165 Å². The number of benzene rings is 2. The lowest BCUT2D eigenvalue weighted by molar-refractivity contribution is 0.0949. The number of rotatable bonds is 5. The first kappa shape index (κ1) is 18.1. The molecule has 2 aromatic heterocycles. The summed E-state index contributed by atoms with van der Waals surface area (Å²) in [4.78, 5) is 20.9. The minimum absolute atomic E-state index is 0.189. The van der Waals surface area contributed by atoms with Crippen LogP contribution in [-0.2, 0) is 13.1 Å². The van der Waals surface area contributed by atoms with Crippen LogP contribution in [0.2, 0.25) is 5.02 Å². The van der Waals surface area contributed by atoms with Gasteiger partial charge in [0.2, 0.25) is 0 Å². The number of carbonyl (C=O) groups excluding carboxylic acids is 1. The van der Waals surface area contributed by atoms with Gasteiger partial charge in [0.1, 0.15) is 11.6 Å². The summed E-state index contributed by atoms with van der Waals surface area (Å²) in [6, 6.07) is 15.5. The Hall–Kier alpha value is -3.25. The van der Waals surface area contributed by atoms with Gasteiger partial charge < -0.3 is 9.88 Å². The molecule has 2 aromatic carbocycles. The summed E-state index contributed by atoms with van der Waals surface area (Å²) >= 11 is 6.21. The van der Waals surface area contributed by atoms with Crippen LogP contribution in [0.25, 0.3) is 11.0 Å². The smallest absolute Gasteiger partial charge is 0.253 e. The number of amides is 1. The molecule has 0 aliphatic rings. The molecule has 1 N–H and O–H groups in total. The molecule has 2 heterocycles. The minimum Gasteiger partial charge on any atom is -0.345 e. The fourth-order valence-corrected chi connectivity index (χ4v) is 3.26. The summed E-state index contributed by atoms with van der Waals surface area (Å²) < 4.78 is 16.2. The van der Waals surface area contributed by atoms with Gasteiger partial charge in [-0.2, -0.15) is 0 Å². The first-order chi connectivity index (χ1) is 13.6. The molecular formula is C21H16ClFN4O. The van der Waals surface area contributed by atoms with Crippen LogP contribution in [-0.4, -0.2) is 20.4 Å². The van der Waals surface area contributed by atoms with E-state index in [1.807, 2.05) is 28.8 Å². The Kier molecular flexibility index (Phi) is 5.04. The highest BCUT2D eigenvalue weighted by atomic mass is 35.5. The fraction of sp³-hybridized carbons (Fsp3) is 0.0952. The molecule has 5 nitrogen and oxygen atoms in total. The number of pyridine rings is 1. The summed E-state index contributed by atoms with van der Waals surface area (Å²) in [5.74, 6) is -0.0241. The number of fused-ring (bicyclic) bond motifs is 1. The number of hydrogen-bond donors (Lipinski definition) is 1. The molecule has 0 spiro atoms. The molecule has 0 saturated heterocycles. The van der Waals surface area contributed by atoms with Gasteiger partial charge in [-0.15, -0.1) is 0 Å². The molecule has 0 saturated carbocycles. The zero-order valence-electron chi connectivity index (χ0n) is 14.8. The molecule has 0 unspecified atom stereocenters. The van der Waals surface area contributed by atoms with Crippen LogP contribution in [0.15, 0.2) is 67.0 Å². The van der Waals surface area contributed by atoms with Crippen LogP contribution in [0.5, 0.6) is 0 Å². The highest BCUT2D eigenvalue weighted by molar-refractivity contribution is 6.31. The molecule has 4 rings (SSSR count). The maximum atomic E-state index is 14.3. The number of nitrogens with one attached hydrogen (secondary N) is 1. The second-order valence-corrected chi connectivity index (χ2v) is 6.63. The van der Waals surface area contributed by atoms with Crippen molar-refractivity contribution in [2.75, 3.05) is 0 Å². The number of carbonyl (C=O) groups is 1. The van der Waals surface area contributed by atoms with Crippen molar-refractivity contribution in [1.29, 1.82) is 0 Å². The Morgan fingerprint density at radius 2 is 1.96 bits per heavy atom. The first-order valence-corrected chi connectivity index (χ1v) is 9.06. The van der Waals surface area contributed by atoms with E-state index < -0.39 is 0 Å². The third-order valence-electron chi connectivity index (χ3n) is 4.44. The molecule has 28 heavy (non-hydrogen) atoms. The van der Waals surface area contributed by atoms with Gasteiger partial charge in [0, 0.05) is 23.0 Å². The molecule has 0 bridgehead atoms. The van der Waals surface area contributed by atoms with E-state index in [0.29, 0.717) is 22.0 Å². The van der Waals surface area contributed by atoms with Gasteiger partial charge in [0.25, 0.3) is 5.91 Å². The van der Waals surface area contributed by atoms with E-state index >= 15 is 0 Å². The van der Waals surface area contributed by atoms with E-state index in [0.717, 1.165) is 11.0 Å². The molecule has 0 radical (unpaired) electrons. The highest BCUT2D eigenvalue weighted by Gasteiger charge is 2.15. The average molecular weight is 395 g/mol. The first-order valence-electron chi connectivity index (χ1n) is 8.69. The predicted molar refractivity (Wildman–Crippen MR) is 106 cm³/mol. The van der Waals surface area contributed by atoms with Gasteiger partial charge in [0.15, 0.2) is 0 Å². The van der Waals surface area contributed by atoms with Gasteiger partial charge in [-0.05, 0) is 36.4 Å². The molecule has 0 aliphatic heterocycles. The van der Waals surface area contributed by atoms with Gasteiger partial charge >= 0.3 is 0 Å². The number of hydrogen-bond acceptors (Lipinski definition) is 3. The van der Waals surface area contributed by atoms with Crippen LogP contribution in [0, 0.1) is 5.82 Å². The SMILES string of the molecule is O=C(NCc1nc2ccccc2n1Cc1c(F)cccc1Cl)c1cccnc1. The lowest BCUT2D eigenvalue weighted by Crippen LogP contribution is -2.25. The summed E-state index contributed by atoms with van der Waals surface area (Å²) in [6.45, 7) is 0.401. The zero-order chi connectivity index (χ0) is 19.5. The van der Waals surface area contributed by atoms with Crippen molar-refractivity contribution < 1.29 is 9.18 Å². The Morgan fingerprint density at radius 3 is 2.75 bits per heavy atom.